The molecule has 0 aromatic rings. The van der Waals surface area contributed by atoms with E-state index in [1.807, 2.05) is 0 Å². The van der Waals surface area contributed by atoms with Gasteiger partial charge in [0.2, 0.25) is 5.91 Å². The monoisotopic (exact) mass is 366 g/mol. The summed E-state index contributed by atoms with van der Waals surface area (Å²) in [5.41, 5.74) is 5.60. The highest BCUT2D eigenvalue weighted by Crippen LogP contribution is 2.47. The Bertz CT molecular complexity index is 703. The van der Waals surface area contributed by atoms with E-state index in [4.69, 9.17) is 11.1 Å². The van der Waals surface area contributed by atoms with Crippen molar-refractivity contribution in [2.24, 2.45) is 17.6 Å². The number of nitrogens with zero attached hydrogens (tertiary/aromatic N) is 2. The van der Waals surface area contributed by atoms with E-state index < -0.39 is 24.1 Å². The summed E-state index contributed by atoms with van der Waals surface area (Å²) in [6.45, 7) is 2.25. The molecule has 5 N–H and O–H groups in total. The molecule has 4 atom stereocenters. The normalized spacial score (nSPS) is 28.7. The largest absolute Gasteiger partial charge is 0.477 e. The minimum absolute atomic E-state index is 0.0173. The summed E-state index contributed by atoms with van der Waals surface area (Å²) in [4.78, 5) is 37.6. The number of likely N-dealkylation sites (tertiary alicyclic amines) is 1. The van der Waals surface area contributed by atoms with Crippen molar-refractivity contribution in [2.45, 2.75) is 31.9 Å². The zero-order valence-corrected chi connectivity index (χ0v) is 14.3. The zero-order chi connectivity index (χ0) is 19.2. The van der Waals surface area contributed by atoms with Gasteiger partial charge in [-0.25, -0.2) is 9.59 Å². The number of amidine groups is 1. The smallest absolute Gasteiger partial charge is 0.404 e. The topological polar surface area (TPSA) is 157 Å². The predicted octanol–water partition coefficient (Wildman–Crippen LogP) is -0.669. The summed E-state index contributed by atoms with van der Waals surface area (Å²) in [6, 6.07) is -0.310. The van der Waals surface area contributed by atoms with E-state index in [9.17, 15) is 24.6 Å². The van der Waals surface area contributed by atoms with E-state index in [1.54, 1.807) is 4.90 Å². The van der Waals surface area contributed by atoms with Crippen LogP contribution in [0.15, 0.2) is 11.3 Å². The van der Waals surface area contributed by atoms with Crippen molar-refractivity contribution in [3.05, 3.63) is 11.3 Å². The van der Waals surface area contributed by atoms with E-state index in [2.05, 4.69) is 4.74 Å². The van der Waals surface area contributed by atoms with Crippen LogP contribution in [0.1, 0.15) is 19.8 Å². The quantitative estimate of drug-likeness (QED) is 0.285. The lowest BCUT2D eigenvalue weighted by Gasteiger charge is -2.44. The first-order valence-corrected chi connectivity index (χ1v) is 8.44. The number of nitrogens with one attached hydrogen (secondary N) is 1. The number of nitrogens with two attached hydrogens (primary N) is 1. The van der Waals surface area contributed by atoms with E-state index in [0.29, 0.717) is 31.5 Å². The van der Waals surface area contributed by atoms with Crippen LogP contribution in [0.25, 0.3) is 0 Å². The van der Waals surface area contributed by atoms with Crippen molar-refractivity contribution in [1.29, 1.82) is 5.41 Å². The molecule has 0 saturated carbocycles. The Balaban J connectivity index is 1.73. The molecule has 3 rings (SSSR count). The molecule has 0 aliphatic carbocycles. The third-order valence-electron chi connectivity index (χ3n) is 5.38. The fourth-order valence-electron chi connectivity index (χ4n) is 4.19. The predicted molar refractivity (Wildman–Crippen MR) is 88.0 cm³/mol. The highest BCUT2D eigenvalue weighted by atomic mass is 16.5. The van der Waals surface area contributed by atoms with Gasteiger partial charge in [-0.15, -0.1) is 0 Å². The van der Waals surface area contributed by atoms with Gasteiger partial charge in [0.25, 0.3) is 0 Å². The van der Waals surface area contributed by atoms with E-state index >= 15 is 0 Å². The molecule has 0 aromatic carbocycles. The number of aliphatic hydroxyl groups excluding tert-OH is 1. The number of amides is 2. The maximum atomic E-state index is 12.2. The molecule has 0 radical (unpaired) electrons. The average molecular weight is 366 g/mol. The molecule has 0 unspecified atom stereocenters. The Morgan fingerprint density at radius 2 is 2.15 bits per heavy atom. The molecule has 3 aliphatic rings. The molecular weight excluding hydrogens is 344 g/mol. The standard InChI is InChI=1S/C16H22N4O6/c1-7(21)12-10-4-9(13(15(23)24)20(10)14(12)22)8-2-3-19(5-8)11(17)6-26-16(18)25/h7-8,10,12,17,21H,2-6H2,1H3,(H2,18,25)(H,23,24)/t7-,8-,10-,12-/m1/s1. The first kappa shape index (κ1) is 18.2. The Morgan fingerprint density at radius 3 is 2.73 bits per heavy atom. The van der Waals surface area contributed by atoms with Crippen LogP contribution in [0, 0.1) is 17.2 Å². The Morgan fingerprint density at radius 1 is 1.46 bits per heavy atom. The summed E-state index contributed by atoms with van der Waals surface area (Å²) < 4.78 is 4.62. The van der Waals surface area contributed by atoms with Crippen molar-refractivity contribution in [3.63, 3.8) is 0 Å². The van der Waals surface area contributed by atoms with Crippen LogP contribution < -0.4 is 5.73 Å². The summed E-state index contributed by atoms with van der Waals surface area (Å²) in [6.07, 6.45) is -0.715. The number of primary amides is 1. The molecule has 2 saturated heterocycles. The van der Waals surface area contributed by atoms with Crippen molar-refractivity contribution >= 4 is 23.8 Å². The molecule has 0 aromatic heterocycles. The molecule has 26 heavy (non-hydrogen) atoms. The number of β-lactam (4-membered cyclic amide) rings is 1. The van der Waals surface area contributed by atoms with Crippen LogP contribution in [0.2, 0.25) is 0 Å². The minimum atomic E-state index is -1.15. The van der Waals surface area contributed by atoms with Gasteiger partial charge in [-0.05, 0) is 25.3 Å². The Kier molecular flexibility index (Phi) is 4.61. The first-order valence-electron chi connectivity index (χ1n) is 8.44. The summed E-state index contributed by atoms with van der Waals surface area (Å²) >= 11 is 0. The molecule has 2 fully saturated rings. The number of carboxylic acids is 1. The molecule has 0 bridgehead atoms. The summed E-state index contributed by atoms with van der Waals surface area (Å²) in [7, 11) is 0. The van der Waals surface area contributed by atoms with Gasteiger partial charge in [-0.3, -0.25) is 10.2 Å². The molecule has 142 valence electrons. The van der Waals surface area contributed by atoms with Crippen molar-refractivity contribution in [3.8, 4) is 0 Å². The lowest BCUT2D eigenvalue weighted by Crippen LogP contribution is -2.61. The molecule has 10 nitrogen and oxygen atoms in total. The molecule has 3 aliphatic heterocycles. The number of hydrogen-bond acceptors (Lipinski definition) is 6. The van der Waals surface area contributed by atoms with Gasteiger partial charge in [0, 0.05) is 19.0 Å². The zero-order valence-electron chi connectivity index (χ0n) is 14.3. The van der Waals surface area contributed by atoms with Gasteiger partial charge in [-0.2, -0.15) is 0 Å². The fourth-order valence-corrected chi connectivity index (χ4v) is 4.19. The highest BCUT2D eigenvalue weighted by molar-refractivity contribution is 5.99. The van der Waals surface area contributed by atoms with Gasteiger partial charge >= 0.3 is 12.1 Å². The van der Waals surface area contributed by atoms with E-state index in [0.717, 1.165) is 0 Å². The number of aliphatic hydroxyl groups is 1. The van der Waals surface area contributed by atoms with Crippen LogP contribution >= 0.6 is 0 Å². The van der Waals surface area contributed by atoms with Crippen molar-refractivity contribution < 1.29 is 29.3 Å². The molecule has 3 heterocycles. The number of fused-ring (bicyclic) bond motifs is 1. The number of rotatable bonds is 5. The number of ether oxygens (including phenoxy) is 1. The van der Waals surface area contributed by atoms with Crippen LogP contribution in [-0.2, 0) is 14.3 Å². The average Bonchev–Trinajstić information content (AvgIpc) is 3.14. The number of carbonyl (C=O) groups is 3. The van der Waals surface area contributed by atoms with Crippen LogP contribution in [-0.4, -0.2) is 75.7 Å². The third kappa shape index (κ3) is 2.90. The minimum Gasteiger partial charge on any atom is -0.477 e. The number of aliphatic carboxylic acids is 1. The maximum Gasteiger partial charge on any atom is 0.404 e. The lowest BCUT2D eigenvalue weighted by molar-refractivity contribution is -0.161. The van der Waals surface area contributed by atoms with Gasteiger partial charge in [-0.1, -0.05) is 0 Å². The Hall–Kier alpha value is -2.62. The van der Waals surface area contributed by atoms with Crippen LogP contribution in [0.4, 0.5) is 4.79 Å². The number of carbonyl (C=O) groups excluding carboxylic acids is 2. The molecule has 10 heteroatoms. The second-order valence-electron chi connectivity index (χ2n) is 6.91. The van der Waals surface area contributed by atoms with Crippen LogP contribution in [0.3, 0.4) is 0 Å². The first-order chi connectivity index (χ1) is 12.2. The third-order valence-corrected chi connectivity index (χ3v) is 5.38. The molecule has 0 spiro atoms. The summed E-state index contributed by atoms with van der Waals surface area (Å²) in [5.74, 6) is -2.08. The second kappa shape index (κ2) is 6.60. The molecular formula is C16H22N4O6. The van der Waals surface area contributed by atoms with Crippen molar-refractivity contribution in [1.82, 2.24) is 9.80 Å². The SMILES string of the molecule is C[C@@H](O)[C@H]1C(=O)N2C(C(=O)O)=C([C@@H]3CCN(C(=N)COC(N)=O)C3)C[C@H]12. The molecule has 2 amide bonds. The Labute approximate surface area is 149 Å². The lowest BCUT2D eigenvalue weighted by atomic mass is 9.82. The summed E-state index contributed by atoms with van der Waals surface area (Å²) in [5, 5.41) is 27.3. The highest BCUT2D eigenvalue weighted by Gasteiger charge is 2.57. The van der Waals surface area contributed by atoms with Gasteiger partial charge in [0.15, 0.2) is 0 Å². The maximum absolute atomic E-state index is 12.2. The number of carboxylic acid groups (broad SMARTS) is 1. The van der Waals surface area contributed by atoms with Gasteiger partial charge in [0.1, 0.15) is 18.1 Å². The fraction of sp³-hybridized carbons (Fsp3) is 0.625. The van der Waals surface area contributed by atoms with Gasteiger partial charge < -0.3 is 30.5 Å². The van der Waals surface area contributed by atoms with E-state index in [-0.39, 0.29) is 36.0 Å². The van der Waals surface area contributed by atoms with E-state index in [1.165, 1.54) is 11.8 Å². The van der Waals surface area contributed by atoms with Crippen molar-refractivity contribution in [2.75, 3.05) is 19.7 Å². The van der Waals surface area contributed by atoms with Gasteiger partial charge in [0.05, 0.1) is 18.1 Å². The number of hydrogen-bond donors (Lipinski definition) is 4. The second-order valence-corrected chi connectivity index (χ2v) is 6.91. The van der Waals surface area contributed by atoms with Crippen LogP contribution in [0.5, 0.6) is 0 Å².